The molecule has 2 aromatic carbocycles. The van der Waals surface area contributed by atoms with Crippen LogP contribution < -0.4 is 4.74 Å². The van der Waals surface area contributed by atoms with Crippen LogP contribution in [0.5, 0.6) is 5.75 Å². The number of unbranched alkanes of at least 4 members (excludes halogenated alkanes) is 4. The molecule has 0 saturated carbocycles. The molecule has 0 aliphatic heterocycles. The van der Waals surface area contributed by atoms with E-state index in [4.69, 9.17) is 4.74 Å². The molecule has 0 atom stereocenters. The average molecular weight is 427 g/mol. The highest BCUT2D eigenvalue weighted by atomic mass is 19.1. The molecule has 0 spiro atoms. The lowest BCUT2D eigenvalue weighted by Gasteiger charge is -2.08. The minimum Gasteiger partial charge on any atom is -0.489 e. The number of nitrogens with zero attached hydrogens (tertiary/aromatic N) is 1. The molecule has 0 amide bonds. The Morgan fingerprint density at radius 2 is 1.71 bits per heavy atom. The number of benzene rings is 2. The van der Waals surface area contributed by atoms with Gasteiger partial charge in [-0.15, -0.1) is 0 Å². The summed E-state index contributed by atoms with van der Waals surface area (Å²) in [6, 6.07) is 12.2. The normalized spacial score (nSPS) is 10.9. The summed E-state index contributed by atoms with van der Waals surface area (Å²) in [4.78, 5) is 11.6. The zero-order valence-electron chi connectivity index (χ0n) is 17.6. The Kier molecular flexibility index (Phi) is 7.82. The molecule has 0 fully saturated rings. The smallest absolute Gasteiger partial charge is 0.352 e. The molecule has 0 unspecified atom stereocenters. The van der Waals surface area contributed by atoms with Gasteiger partial charge in [-0.25, -0.2) is 13.6 Å². The SMILES string of the molecule is CCCCCCCn1cc(-c2ccc(OCc3ccc(F)cc3F)cc2)cc1C(=O)O. The molecule has 0 saturated heterocycles. The molecule has 0 radical (unpaired) electrons. The van der Waals surface area contributed by atoms with Crippen LogP contribution in [0.15, 0.2) is 54.7 Å². The zero-order valence-corrected chi connectivity index (χ0v) is 17.6. The van der Waals surface area contributed by atoms with Crippen LogP contribution in [-0.4, -0.2) is 15.6 Å². The second-order valence-electron chi connectivity index (χ2n) is 7.58. The fourth-order valence-electron chi connectivity index (χ4n) is 3.46. The maximum atomic E-state index is 13.7. The predicted octanol–water partition coefficient (Wildman–Crippen LogP) is 6.68. The molecule has 6 heteroatoms. The molecule has 1 N–H and O–H groups in total. The molecule has 164 valence electrons. The van der Waals surface area contributed by atoms with E-state index in [-0.39, 0.29) is 17.9 Å². The number of aryl methyl sites for hydroxylation is 1. The van der Waals surface area contributed by atoms with E-state index in [1.54, 1.807) is 22.8 Å². The van der Waals surface area contributed by atoms with Crippen LogP contribution in [0.3, 0.4) is 0 Å². The molecule has 3 rings (SSSR count). The Labute approximate surface area is 181 Å². The summed E-state index contributed by atoms with van der Waals surface area (Å²) in [5, 5.41) is 9.53. The summed E-state index contributed by atoms with van der Waals surface area (Å²) in [5.74, 6) is -1.67. The highest BCUT2D eigenvalue weighted by Gasteiger charge is 2.13. The van der Waals surface area contributed by atoms with Crippen molar-refractivity contribution < 1.29 is 23.4 Å². The molecule has 31 heavy (non-hydrogen) atoms. The molecule has 1 heterocycles. The van der Waals surface area contributed by atoms with Crippen LogP contribution in [0.25, 0.3) is 11.1 Å². The molecule has 1 aromatic heterocycles. The van der Waals surface area contributed by atoms with Crippen molar-refractivity contribution in [2.45, 2.75) is 52.2 Å². The standard InChI is InChI=1S/C25H27F2NO3/c1-2-3-4-5-6-13-28-16-20(14-24(28)25(29)30)18-8-11-22(12-9-18)31-17-19-7-10-21(26)15-23(19)27/h7-12,14-16H,2-6,13,17H2,1H3,(H,29,30). The van der Waals surface area contributed by atoms with Crippen molar-refractivity contribution in [1.82, 2.24) is 4.57 Å². The number of hydrogen-bond acceptors (Lipinski definition) is 2. The average Bonchev–Trinajstić information content (AvgIpc) is 3.18. The fourth-order valence-corrected chi connectivity index (χ4v) is 3.46. The van der Waals surface area contributed by atoms with Crippen LogP contribution in [0.4, 0.5) is 8.78 Å². The van der Waals surface area contributed by atoms with Crippen LogP contribution in [0.1, 0.15) is 55.1 Å². The van der Waals surface area contributed by atoms with Crippen LogP contribution >= 0.6 is 0 Å². The number of rotatable bonds is 11. The second kappa shape index (κ2) is 10.8. The molecule has 0 bridgehead atoms. The van der Waals surface area contributed by atoms with Gasteiger partial charge in [0, 0.05) is 29.9 Å². The van der Waals surface area contributed by atoms with Gasteiger partial charge < -0.3 is 14.4 Å². The first-order valence-corrected chi connectivity index (χ1v) is 10.6. The maximum absolute atomic E-state index is 13.7. The lowest BCUT2D eigenvalue weighted by molar-refractivity contribution is 0.0685. The zero-order chi connectivity index (χ0) is 22.2. The maximum Gasteiger partial charge on any atom is 0.352 e. The minimum absolute atomic E-state index is 0.0109. The van der Waals surface area contributed by atoms with Gasteiger partial charge in [-0.05, 0) is 42.3 Å². The van der Waals surface area contributed by atoms with Crippen molar-refractivity contribution in [2.75, 3.05) is 0 Å². The molecule has 0 aliphatic rings. The third kappa shape index (κ3) is 6.17. The number of carboxylic acid groups (broad SMARTS) is 1. The van der Waals surface area contributed by atoms with Crippen LogP contribution in [-0.2, 0) is 13.2 Å². The molecular formula is C25H27F2NO3. The second-order valence-corrected chi connectivity index (χ2v) is 7.58. The summed E-state index contributed by atoms with van der Waals surface area (Å²) >= 11 is 0. The van der Waals surface area contributed by atoms with Crippen molar-refractivity contribution in [3.05, 3.63) is 77.6 Å². The monoisotopic (exact) mass is 427 g/mol. The van der Waals surface area contributed by atoms with Gasteiger partial charge in [-0.2, -0.15) is 0 Å². The number of hydrogen-bond donors (Lipinski definition) is 1. The quantitative estimate of drug-likeness (QED) is 0.347. The first-order valence-electron chi connectivity index (χ1n) is 10.6. The minimum atomic E-state index is -0.943. The van der Waals surface area contributed by atoms with Gasteiger partial charge in [0.1, 0.15) is 29.7 Å². The van der Waals surface area contributed by atoms with E-state index in [2.05, 4.69) is 6.92 Å². The highest BCUT2D eigenvalue weighted by molar-refractivity contribution is 5.88. The number of carboxylic acids is 1. The number of ether oxygens (including phenoxy) is 1. The summed E-state index contributed by atoms with van der Waals surface area (Å²) in [7, 11) is 0. The molecular weight excluding hydrogens is 400 g/mol. The number of carbonyl (C=O) groups is 1. The summed E-state index contributed by atoms with van der Waals surface area (Å²) in [5.41, 5.74) is 2.24. The van der Waals surface area contributed by atoms with Gasteiger partial charge in [0.15, 0.2) is 0 Å². The molecule has 0 aliphatic carbocycles. The molecule has 4 nitrogen and oxygen atoms in total. The Bertz CT molecular complexity index is 1010. The van der Waals surface area contributed by atoms with Gasteiger partial charge in [-0.1, -0.05) is 44.7 Å². The number of aromatic carboxylic acids is 1. The van der Waals surface area contributed by atoms with Gasteiger partial charge >= 0.3 is 5.97 Å². The predicted molar refractivity (Wildman–Crippen MR) is 116 cm³/mol. The summed E-state index contributed by atoms with van der Waals surface area (Å²) in [6.07, 6.45) is 7.43. The van der Waals surface area contributed by atoms with E-state index in [1.807, 2.05) is 18.3 Å². The Morgan fingerprint density at radius 1 is 0.968 bits per heavy atom. The number of aromatic nitrogens is 1. The van der Waals surface area contributed by atoms with Crippen LogP contribution in [0.2, 0.25) is 0 Å². The topological polar surface area (TPSA) is 51.5 Å². The summed E-state index contributed by atoms with van der Waals surface area (Å²) in [6.45, 7) is 2.83. The van der Waals surface area contributed by atoms with E-state index in [9.17, 15) is 18.7 Å². The highest BCUT2D eigenvalue weighted by Crippen LogP contribution is 2.26. The van der Waals surface area contributed by atoms with Gasteiger partial charge in [-0.3, -0.25) is 0 Å². The van der Waals surface area contributed by atoms with Gasteiger partial charge in [0.25, 0.3) is 0 Å². The van der Waals surface area contributed by atoms with Crippen molar-refractivity contribution >= 4 is 5.97 Å². The van der Waals surface area contributed by atoms with E-state index < -0.39 is 17.6 Å². The van der Waals surface area contributed by atoms with Crippen molar-refractivity contribution in [3.8, 4) is 16.9 Å². The van der Waals surface area contributed by atoms with E-state index in [0.717, 1.165) is 36.5 Å². The number of halogens is 2. The Hall–Kier alpha value is -3.15. The third-order valence-electron chi connectivity index (χ3n) is 5.22. The van der Waals surface area contributed by atoms with Crippen molar-refractivity contribution in [3.63, 3.8) is 0 Å². The van der Waals surface area contributed by atoms with Crippen molar-refractivity contribution in [2.24, 2.45) is 0 Å². The van der Waals surface area contributed by atoms with Crippen molar-refractivity contribution in [1.29, 1.82) is 0 Å². The van der Waals surface area contributed by atoms with E-state index in [1.165, 1.54) is 25.0 Å². The van der Waals surface area contributed by atoms with Gasteiger partial charge in [0.2, 0.25) is 0 Å². The Morgan fingerprint density at radius 3 is 2.39 bits per heavy atom. The first-order chi connectivity index (χ1) is 15.0. The van der Waals surface area contributed by atoms with E-state index >= 15 is 0 Å². The Balaban J connectivity index is 1.65. The van der Waals surface area contributed by atoms with E-state index in [0.29, 0.717) is 12.3 Å². The molecule has 3 aromatic rings. The lowest BCUT2D eigenvalue weighted by atomic mass is 10.1. The first kappa shape index (κ1) is 22.5. The largest absolute Gasteiger partial charge is 0.489 e. The fraction of sp³-hybridized carbons (Fsp3) is 0.320. The summed E-state index contributed by atoms with van der Waals surface area (Å²) < 4.78 is 34.1. The third-order valence-corrected chi connectivity index (χ3v) is 5.22. The van der Waals surface area contributed by atoms with Gasteiger partial charge in [0.05, 0.1) is 0 Å². The van der Waals surface area contributed by atoms with Crippen LogP contribution in [0, 0.1) is 11.6 Å². The lowest BCUT2D eigenvalue weighted by Crippen LogP contribution is -2.07.